The predicted octanol–water partition coefficient (Wildman–Crippen LogP) is 2.28. The molecule has 0 aromatic carbocycles. The average molecular weight is 140 g/mol. The van der Waals surface area contributed by atoms with Crippen molar-refractivity contribution in [3.8, 4) is 0 Å². The van der Waals surface area contributed by atoms with Crippen LogP contribution >= 0.6 is 0 Å². The van der Waals surface area contributed by atoms with Crippen LogP contribution < -0.4 is 0 Å². The molecule has 0 aliphatic heterocycles. The summed E-state index contributed by atoms with van der Waals surface area (Å²) in [5, 5.41) is 9.14. The first-order valence-electron chi connectivity index (χ1n) is 3.82. The Morgan fingerprint density at radius 2 is 1.50 bits per heavy atom. The lowest BCUT2D eigenvalue weighted by Gasteiger charge is -1.94. The van der Waals surface area contributed by atoms with Gasteiger partial charge in [-0.3, -0.25) is 0 Å². The molecular weight excluding hydrogens is 124 g/mol. The lowest BCUT2D eigenvalue weighted by molar-refractivity contribution is 0.271. The molecule has 0 aromatic rings. The lowest BCUT2D eigenvalue weighted by atomic mass is 10.2. The van der Waals surface area contributed by atoms with Gasteiger partial charge in [0.05, 0.1) is 6.10 Å². The fourth-order valence-corrected chi connectivity index (χ4v) is 0.615. The van der Waals surface area contributed by atoms with E-state index in [9.17, 15) is 0 Å². The van der Waals surface area contributed by atoms with Gasteiger partial charge in [-0.15, -0.1) is 0 Å². The van der Waals surface area contributed by atoms with E-state index in [2.05, 4.69) is 0 Å². The lowest BCUT2D eigenvalue weighted by Crippen LogP contribution is -1.94. The third kappa shape index (κ3) is 5.57. The molecule has 0 radical (unpaired) electrons. The Labute approximate surface area is 63.1 Å². The van der Waals surface area contributed by atoms with Crippen molar-refractivity contribution in [3.05, 3.63) is 24.3 Å². The summed E-state index contributed by atoms with van der Waals surface area (Å²) in [5.41, 5.74) is 0. The molecule has 0 fully saturated rings. The topological polar surface area (TPSA) is 20.2 Å². The maximum atomic E-state index is 9.14. The number of aliphatic hydroxyl groups is 1. The van der Waals surface area contributed by atoms with Crippen molar-refractivity contribution in [1.82, 2.24) is 0 Å². The van der Waals surface area contributed by atoms with Gasteiger partial charge in [0.1, 0.15) is 0 Å². The quantitative estimate of drug-likeness (QED) is 0.594. The Kier molecular flexibility index (Phi) is 6.19. The molecule has 10 heavy (non-hydrogen) atoms. The van der Waals surface area contributed by atoms with E-state index >= 15 is 0 Å². The number of aliphatic hydroxyl groups excluding tert-OH is 1. The molecule has 58 valence electrons. The molecule has 0 saturated heterocycles. The van der Waals surface area contributed by atoms with Gasteiger partial charge in [0.15, 0.2) is 0 Å². The molecule has 0 saturated carbocycles. The van der Waals surface area contributed by atoms with Gasteiger partial charge in [-0.05, 0) is 12.8 Å². The molecule has 1 heteroatoms. The van der Waals surface area contributed by atoms with Crippen molar-refractivity contribution >= 4 is 0 Å². The number of hydrogen-bond donors (Lipinski definition) is 1. The normalized spacial score (nSPS) is 15.1. The highest BCUT2D eigenvalue weighted by atomic mass is 16.3. The van der Waals surface area contributed by atoms with Crippen LogP contribution in [0.25, 0.3) is 0 Å². The van der Waals surface area contributed by atoms with Crippen molar-refractivity contribution in [2.24, 2.45) is 0 Å². The van der Waals surface area contributed by atoms with E-state index < -0.39 is 0 Å². The molecule has 0 amide bonds. The summed E-state index contributed by atoms with van der Waals surface area (Å²) in [6, 6.07) is 0. The smallest absolute Gasteiger partial charge is 0.0902 e. The molecule has 0 rings (SSSR count). The fourth-order valence-electron chi connectivity index (χ4n) is 0.615. The molecule has 0 spiro atoms. The maximum Gasteiger partial charge on any atom is 0.0902 e. The zero-order valence-corrected chi connectivity index (χ0v) is 6.75. The Morgan fingerprint density at radius 3 is 1.80 bits per heavy atom. The predicted molar refractivity (Wildman–Crippen MR) is 44.9 cm³/mol. The molecular formula is C9H16O. The molecule has 1 nitrogen and oxygen atoms in total. The van der Waals surface area contributed by atoms with Gasteiger partial charge in [-0.2, -0.15) is 0 Å². The summed E-state index contributed by atoms with van der Waals surface area (Å²) in [6.07, 6.45) is 9.10. The Bertz CT molecular complexity index is 99.9. The van der Waals surface area contributed by atoms with E-state index in [0.29, 0.717) is 0 Å². The SMILES string of the molecule is CCC=CC(O)C=CCC. The Hall–Kier alpha value is -0.560. The van der Waals surface area contributed by atoms with E-state index in [0.717, 1.165) is 12.8 Å². The molecule has 0 aliphatic carbocycles. The zero-order valence-electron chi connectivity index (χ0n) is 6.75. The van der Waals surface area contributed by atoms with Crippen LogP contribution in [0, 0.1) is 0 Å². The van der Waals surface area contributed by atoms with Gasteiger partial charge in [-0.25, -0.2) is 0 Å². The Balaban J connectivity index is 3.52. The van der Waals surface area contributed by atoms with Gasteiger partial charge >= 0.3 is 0 Å². The van der Waals surface area contributed by atoms with Crippen molar-refractivity contribution in [2.75, 3.05) is 0 Å². The molecule has 0 bridgehead atoms. The highest BCUT2D eigenvalue weighted by Crippen LogP contribution is 1.91. The highest BCUT2D eigenvalue weighted by Gasteiger charge is 1.87. The minimum atomic E-state index is -0.389. The first-order chi connectivity index (χ1) is 4.81. The molecule has 0 atom stereocenters. The van der Waals surface area contributed by atoms with Crippen LogP contribution in [0.2, 0.25) is 0 Å². The van der Waals surface area contributed by atoms with E-state index in [4.69, 9.17) is 5.11 Å². The summed E-state index contributed by atoms with van der Waals surface area (Å²) in [4.78, 5) is 0. The van der Waals surface area contributed by atoms with Gasteiger partial charge in [0.25, 0.3) is 0 Å². The van der Waals surface area contributed by atoms with Gasteiger partial charge in [-0.1, -0.05) is 38.2 Å². The summed E-state index contributed by atoms with van der Waals surface area (Å²) < 4.78 is 0. The van der Waals surface area contributed by atoms with E-state index in [1.807, 2.05) is 26.0 Å². The number of rotatable bonds is 4. The van der Waals surface area contributed by atoms with Crippen LogP contribution in [-0.4, -0.2) is 11.2 Å². The van der Waals surface area contributed by atoms with Gasteiger partial charge in [0, 0.05) is 0 Å². The van der Waals surface area contributed by atoms with Crippen LogP contribution in [0.3, 0.4) is 0 Å². The van der Waals surface area contributed by atoms with Crippen LogP contribution in [0.5, 0.6) is 0 Å². The number of allylic oxidation sites excluding steroid dienone is 2. The molecule has 0 unspecified atom stereocenters. The summed E-state index contributed by atoms with van der Waals surface area (Å²) in [5.74, 6) is 0. The monoisotopic (exact) mass is 140 g/mol. The first-order valence-corrected chi connectivity index (χ1v) is 3.82. The van der Waals surface area contributed by atoms with Crippen LogP contribution in [-0.2, 0) is 0 Å². The molecule has 0 aromatic heterocycles. The average Bonchev–Trinajstić information content (AvgIpc) is 1.97. The van der Waals surface area contributed by atoms with Crippen molar-refractivity contribution in [2.45, 2.75) is 32.8 Å². The summed E-state index contributed by atoms with van der Waals surface area (Å²) >= 11 is 0. The summed E-state index contributed by atoms with van der Waals surface area (Å²) in [6.45, 7) is 4.10. The fraction of sp³-hybridized carbons (Fsp3) is 0.556. The second-order valence-corrected chi connectivity index (χ2v) is 2.16. The molecule has 0 aliphatic rings. The van der Waals surface area contributed by atoms with E-state index in [1.165, 1.54) is 0 Å². The van der Waals surface area contributed by atoms with Crippen LogP contribution in [0.15, 0.2) is 24.3 Å². The van der Waals surface area contributed by atoms with Crippen molar-refractivity contribution < 1.29 is 5.11 Å². The van der Waals surface area contributed by atoms with Crippen molar-refractivity contribution in [3.63, 3.8) is 0 Å². The third-order valence-electron chi connectivity index (χ3n) is 1.14. The van der Waals surface area contributed by atoms with Crippen LogP contribution in [0.4, 0.5) is 0 Å². The summed E-state index contributed by atoms with van der Waals surface area (Å²) in [7, 11) is 0. The zero-order chi connectivity index (χ0) is 7.82. The molecule has 1 N–H and O–H groups in total. The van der Waals surface area contributed by atoms with Crippen molar-refractivity contribution in [1.29, 1.82) is 0 Å². The second kappa shape index (κ2) is 6.56. The standard InChI is InChI=1S/C9H16O/c1-3-5-7-9(10)8-6-4-2/h5-10H,3-4H2,1-2H3. The van der Waals surface area contributed by atoms with Gasteiger partial charge in [0.2, 0.25) is 0 Å². The van der Waals surface area contributed by atoms with Gasteiger partial charge < -0.3 is 5.11 Å². The maximum absolute atomic E-state index is 9.14. The Morgan fingerprint density at radius 1 is 1.10 bits per heavy atom. The molecule has 0 heterocycles. The minimum Gasteiger partial charge on any atom is -0.385 e. The van der Waals surface area contributed by atoms with E-state index in [-0.39, 0.29) is 6.10 Å². The minimum absolute atomic E-state index is 0.389. The number of hydrogen-bond acceptors (Lipinski definition) is 1. The third-order valence-corrected chi connectivity index (χ3v) is 1.14. The van der Waals surface area contributed by atoms with E-state index in [1.54, 1.807) is 12.2 Å². The highest BCUT2D eigenvalue weighted by molar-refractivity contribution is 5.00. The van der Waals surface area contributed by atoms with Crippen LogP contribution in [0.1, 0.15) is 26.7 Å². The largest absolute Gasteiger partial charge is 0.385 e. The second-order valence-electron chi connectivity index (χ2n) is 2.16. The first kappa shape index (κ1) is 9.44.